The summed E-state index contributed by atoms with van der Waals surface area (Å²) >= 11 is 0. The molecule has 82 valence electrons. The lowest BCUT2D eigenvalue weighted by atomic mass is 10.0. The van der Waals surface area contributed by atoms with Crippen LogP contribution in [0.4, 0.5) is 0 Å². The first-order valence-corrected chi connectivity index (χ1v) is 5.06. The van der Waals surface area contributed by atoms with Crippen LogP contribution in [-0.4, -0.2) is 50.2 Å². The SMILES string of the molecule is CN(C)C(=O)CCNC1(C)CCOC1. The molecule has 1 saturated heterocycles. The molecule has 1 heterocycles. The van der Waals surface area contributed by atoms with Gasteiger partial charge in [0.25, 0.3) is 0 Å². The van der Waals surface area contributed by atoms with Gasteiger partial charge < -0.3 is 15.0 Å². The molecule has 1 rings (SSSR count). The predicted octanol–water partition coefficient (Wildman–Crippen LogP) is 0.233. The minimum absolute atomic E-state index is 0.0760. The first kappa shape index (κ1) is 11.5. The van der Waals surface area contributed by atoms with E-state index < -0.39 is 0 Å². The molecule has 1 unspecified atom stereocenters. The van der Waals surface area contributed by atoms with Crippen LogP contribution in [0, 0.1) is 0 Å². The average Bonchev–Trinajstić information content (AvgIpc) is 2.52. The van der Waals surface area contributed by atoms with Gasteiger partial charge in [0.05, 0.1) is 6.61 Å². The number of amides is 1. The molecule has 0 bridgehead atoms. The van der Waals surface area contributed by atoms with E-state index in [1.165, 1.54) is 0 Å². The summed E-state index contributed by atoms with van der Waals surface area (Å²) in [6.07, 6.45) is 1.59. The molecule has 1 aliphatic rings. The van der Waals surface area contributed by atoms with E-state index in [1.807, 2.05) is 0 Å². The molecule has 1 aliphatic heterocycles. The van der Waals surface area contributed by atoms with E-state index in [-0.39, 0.29) is 11.4 Å². The fraction of sp³-hybridized carbons (Fsp3) is 0.900. The normalized spacial score (nSPS) is 26.5. The Morgan fingerprint density at radius 2 is 2.29 bits per heavy atom. The second-order valence-electron chi connectivity index (χ2n) is 4.33. The van der Waals surface area contributed by atoms with Gasteiger partial charge in [-0.2, -0.15) is 0 Å². The molecule has 0 spiro atoms. The van der Waals surface area contributed by atoms with Crippen molar-refractivity contribution in [3.05, 3.63) is 0 Å². The lowest BCUT2D eigenvalue weighted by molar-refractivity contribution is -0.128. The molecule has 0 radical (unpaired) electrons. The third kappa shape index (κ3) is 3.27. The highest BCUT2D eigenvalue weighted by Gasteiger charge is 2.28. The van der Waals surface area contributed by atoms with Crippen molar-refractivity contribution in [2.24, 2.45) is 0 Å². The average molecular weight is 200 g/mol. The van der Waals surface area contributed by atoms with E-state index in [2.05, 4.69) is 12.2 Å². The number of ether oxygens (including phenoxy) is 1. The molecular formula is C10H20N2O2. The summed E-state index contributed by atoms with van der Waals surface area (Å²) in [5.41, 5.74) is 0.0760. The molecule has 0 aromatic heterocycles. The van der Waals surface area contributed by atoms with E-state index in [0.29, 0.717) is 6.42 Å². The van der Waals surface area contributed by atoms with Gasteiger partial charge in [-0.3, -0.25) is 4.79 Å². The smallest absolute Gasteiger partial charge is 0.223 e. The molecule has 0 aliphatic carbocycles. The largest absolute Gasteiger partial charge is 0.379 e. The molecule has 1 fully saturated rings. The van der Waals surface area contributed by atoms with E-state index in [1.54, 1.807) is 19.0 Å². The Bertz CT molecular complexity index is 198. The van der Waals surface area contributed by atoms with Crippen molar-refractivity contribution in [3.8, 4) is 0 Å². The molecule has 4 nitrogen and oxygen atoms in total. The van der Waals surface area contributed by atoms with Gasteiger partial charge in [-0.05, 0) is 13.3 Å². The summed E-state index contributed by atoms with van der Waals surface area (Å²) < 4.78 is 5.31. The van der Waals surface area contributed by atoms with Gasteiger partial charge in [0.15, 0.2) is 0 Å². The number of rotatable bonds is 4. The van der Waals surface area contributed by atoms with Crippen LogP contribution < -0.4 is 5.32 Å². The van der Waals surface area contributed by atoms with Crippen molar-refractivity contribution in [1.29, 1.82) is 0 Å². The Morgan fingerprint density at radius 1 is 1.57 bits per heavy atom. The molecule has 1 atom stereocenters. The van der Waals surface area contributed by atoms with Gasteiger partial charge in [0.1, 0.15) is 0 Å². The fourth-order valence-electron chi connectivity index (χ4n) is 1.50. The number of hydrogen-bond acceptors (Lipinski definition) is 3. The quantitative estimate of drug-likeness (QED) is 0.706. The standard InChI is InChI=1S/C10H20N2O2/c1-10(5-7-14-8-10)11-6-4-9(13)12(2)3/h11H,4-8H2,1-3H3. The fourth-order valence-corrected chi connectivity index (χ4v) is 1.50. The van der Waals surface area contributed by atoms with E-state index in [9.17, 15) is 4.79 Å². The van der Waals surface area contributed by atoms with Crippen LogP contribution in [0.25, 0.3) is 0 Å². The second kappa shape index (κ2) is 4.75. The molecule has 0 saturated carbocycles. The molecule has 4 heteroatoms. The zero-order valence-electron chi connectivity index (χ0n) is 9.30. The Balaban J connectivity index is 2.17. The van der Waals surface area contributed by atoms with Crippen molar-refractivity contribution in [2.75, 3.05) is 33.9 Å². The van der Waals surface area contributed by atoms with Crippen LogP contribution >= 0.6 is 0 Å². The van der Waals surface area contributed by atoms with Crippen LogP contribution in [0.3, 0.4) is 0 Å². The summed E-state index contributed by atoms with van der Waals surface area (Å²) in [7, 11) is 3.56. The molecule has 1 amide bonds. The van der Waals surface area contributed by atoms with Crippen molar-refractivity contribution in [2.45, 2.75) is 25.3 Å². The Hall–Kier alpha value is -0.610. The Morgan fingerprint density at radius 3 is 2.79 bits per heavy atom. The molecule has 1 N–H and O–H groups in total. The lowest BCUT2D eigenvalue weighted by Crippen LogP contribution is -2.44. The van der Waals surface area contributed by atoms with Crippen LogP contribution in [0.15, 0.2) is 0 Å². The molecule has 14 heavy (non-hydrogen) atoms. The number of nitrogens with one attached hydrogen (secondary N) is 1. The Kier molecular flexibility index (Phi) is 3.89. The summed E-state index contributed by atoms with van der Waals surface area (Å²) in [5.74, 6) is 0.167. The highest BCUT2D eigenvalue weighted by molar-refractivity contribution is 5.75. The summed E-state index contributed by atoms with van der Waals surface area (Å²) in [4.78, 5) is 12.9. The van der Waals surface area contributed by atoms with Crippen molar-refractivity contribution in [1.82, 2.24) is 10.2 Å². The zero-order valence-corrected chi connectivity index (χ0v) is 9.30. The molecule has 0 aromatic rings. The zero-order chi connectivity index (χ0) is 10.6. The van der Waals surface area contributed by atoms with Gasteiger partial charge in [-0.1, -0.05) is 0 Å². The van der Waals surface area contributed by atoms with Gasteiger partial charge in [0, 0.05) is 39.2 Å². The maximum atomic E-state index is 11.3. The highest BCUT2D eigenvalue weighted by Crippen LogP contribution is 2.16. The third-order valence-electron chi connectivity index (χ3n) is 2.61. The summed E-state index contributed by atoms with van der Waals surface area (Å²) in [6, 6.07) is 0. The number of hydrogen-bond donors (Lipinski definition) is 1. The summed E-state index contributed by atoms with van der Waals surface area (Å²) in [6.45, 7) is 4.45. The van der Waals surface area contributed by atoms with Crippen molar-refractivity contribution in [3.63, 3.8) is 0 Å². The lowest BCUT2D eigenvalue weighted by Gasteiger charge is -2.23. The first-order valence-electron chi connectivity index (χ1n) is 5.06. The van der Waals surface area contributed by atoms with E-state index in [0.717, 1.165) is 26.2 Å². The number of carbonyl (C=O) groups excluding carboxylic acids is 1. The van der Waals surface area contributed by atoms with Crippen molar-refractivity contribution < 1.29 is 9.53 Å². The van der Waals surface area contributed by atoms with Gasteiger partial charge in [-0.25, -0.2) is 0 Å². The number of nitrogens with zero attached hydrogens (tertiary/aromatic N) is 1. The Labute approximate surface area is 85.6 Å². The minimum atomic E-state index is 0.0760. The maximum Gasteiger partial charge on any atom is 0.223 e. The van der Waals surface area contributed by atoms with Crippen molar-refractivity contribution >= 4 is 5.91 Å². The summed E-state index contributed by atoms with van der Waals surface area (Å²) in [5, 5.41) is 3.37. The van der Waals surface area contributed by atoms with Gasteiger partial charge in [-0.15, -0.1) is 0 Å². The van der Waals surface area contributed by atoms with Gasteiger partial charge >= 0.3 is 0 Å². The van der Waals surface area contributed by atoms with E-state index in [4.69, 9.17) is 4.74 Å². The monoisotopic (exact) mass is 200 g/mol. The van der Waals surface area contributed by atoms with Crippen LogP contribution in [-0.2, 0) is 9.53 Å². The number of carbonyl (C=O) groups is 1. The molecular weight excluding hydrogens is 180 g/mol. The first-order chi connectivity index (χ1) is 6.53. The van der Waals surface area contributed by atoms with Crippen LogP contribution in [0.1, 0.15) is 19.8 Å². The van der Waals surface area contributed by atoms with Crippen LogP contribution in [0.5, 0.6) is 0 Å². The second-order valence-corrected chi connectivity index (χ2v) is 4.33. The minimum Gasteiger partial charge on any atom is -0.379 e. The third-order valence-corrected chi connectivity index (χ3v) is 2.61. The van der Waals surface area contributed by atoms with Crippen LogP contribution in [0.2, 0.25) is 0 Å². The molecule has 0 aromatic carbocycles. The van der Waals surface area contributed by atoms with Gasteiger partial charge in [0.2, 0.25) is 5.91 Å². The maximum absolute atomic E-state index is 11.3. The van der Waals surface area contributed by atoms with E-state index >= 15 is 0 Å². The predicted molar refractivity (Wildman–Crippen MR) is 55.2 cm³/mol. The highest BCUT2D eigenvalue weighted by atomic mass is 16.5. The topological polar surface area (TPSA) is 41.6 Å².